The number of carboxylic acids is 1. The smallest absolute Gasteiger partial charge is 0.341 e. The highest BCUT2D eigenvalue weighted by Gasteiger charge is 2.38. The third-order valence-corrected chi connectivity index (χ3v) is 6.36. The van der Waals surface area contributed by atoms with Crippen molar-refractivity contribution in [3.8, 4) is 5.75 Å². The molecular weight excluding hydrogens is 504 g/mol. The molecule has 34 heavy (non-hydrogen) atoms. The van der Waals surface area contributed by atoms with Gasteiger partial charge in [0, 0.05) is 17.1 Å². The lowest BCUT2D eigenvalue weighted by molar-refractivity contribution is -0.140. The second kappa shape index (κ2) is 11.1. The molecule has 1 saturated heterocycles. The van der Waals surface area contributed by atoms with Gasteiger partial charge in [-0.3, -0.25) is 19.8 Å². The topological polar surface area (TPSA) is 147 Å². The maximum Gasteiger partial charge on any atom is 0.341 e. The van der Waals surface area contributed by atoms with Crippen LogP contribution in [0.3, 0.4) is 0 Å². The van der Waals surface area contributed by atoms with E-state index in [2.05, 4.69) is 15.6 Å². The lowest BCUT2D eigenvalue weighted by Crippen LogP contribution is -2.33. The Hall–Kier alpha value is -3.49. The Kier molecular flexibility index (Phi) is 8.20. The van der Waals surface area contributed by atoms with Crippen molar-refractivity contribution in [2.75, 3.05) is 30.9 Å². The summed E-state index contributed by atoms with van der Waals surface area (Å²) in [6.45, 7) is 0.997. The van der Waals surface area contributed by atoms with E-state index in [9.17, 15) is 19.2 Å². The van der Waals surface area contributed by atoms with Crippen LogP contribution in [0.5, 0.6) is 5.75 Å². The molecule has 2 heterocycles. The minimum Gasteiger partial charge on any atom is -0.497 e. The van der Waals surface area contributed by atoms with Crippen molar-refractivity contribution in [3.63, 3.8) is 0 Å². The number of thiocarbonyl (C=S) groups is 1. The number of nitrogens with one attached hydrogen (secondary N) is 2. The molecule has 0 aliphatic carbocycles. The molecule has 0 atom stereocenters. The molecule has 14 heteroatoms. The number of carbonyl (C=O) groups excluding carboxylic acids is 3. The van der Waals surface area contributed by atoms with Gasteiger partial charge in [-0.05, 0) is 19.1 Å². The summed E-state index contributed by atoms with van der Waals surface area (Å²) < 4.78 is 10.2. The molecular formula is C20H18N4O7S3. The number of anilines is 2. The summed E-state index contributed by atoms with van der Waals surface area (Å²) in [6, 6.07) is 6.16. The van der Waals surface area contributed by atoms with E-state index in [1.807, 2.05) is 0 Å². The van der Waals surface area contributed by atoms with Crippen molar-refractivity contribution < 1.29 is 33.8 Å². The third kappa shape index (κ3) is 5.89. The molecule has 1 aliphatic heterocycles. The fourth-order valence-electron chi connectivity index (χ4n) is 2.74. The molecule has 0 bridgehead atoms. The monoisotopic (exact) mass is 522 g/mol. The van der Waals surface area contributed by atoms with Gasteiger partial charge >= 0.3 is 18.0 Å². The van der Waals surface area contributed by atoms with Crippen LogP contribution in [0.15, 0.2) is 34.6 Å². The van der Waals surface area contributed by atoms with Gasteiger partial charge in [-0.1, -0.05) is 30.0 Å². The number of rotatable bonds is 8. The Morgan fingerprint density at radius 2 is 2.03 bits per heavy atom. The van der Waals surface area contributed by atoms with Crippen molar-refractivity contribution in [2.45, 2.75) is 6.92 Å². The average molecular weight is 523 g/mol. The van der Waals surface area contributed by atoms with E-state index in [0.717, 1.165) is 28.0 Å². The zero-order valence-corrected chi connectivity index (χ0v) is 20.3. The van der Waals surface area contributed by atoms with Gasteiger partial charge in [-0.2, -0.15) is 0 Å². The molecule has 2 aromatic rings. The summed E-state index contributed by atoms with van der Waals surface area (Å²) in [7, 11) is 1.51. The van der Waals surface area contributed by atoms with Gasteiger partial charge in [0.1, 0.15) is 22.2 Å². The molecule has 1 fully saturated rings. The van der Waals surface area contributed by atoms with E-state index in [1.165, 1.54) is 12.5 Å². The predicted octanol–water partition coefficient (Wildman–Crippen LogP) is 3.01. The number of carbonyl (C=O) groups is 4. The molecule has 3 rings (SSSR count). The second-order valence-electron chi connectivity index (χ2n) is 6.43. The quantitative estimate of drug-likeness (QED) is 0.268. The van der Waals surface area contributed by atoms with Crippen LogP contribution < -0.4 is 15.4 Å². The van der Waals surface area contributed by atoms with Gasteiger partial charge in [0.15, 0.2) is 5.13 Å². The number of nitrogens with zero attached hydrogens (tertiary/aromatic N) is 2. The molecule has 1 aliphatic rings. The number of methoxy groups -OCH3 is 1. The van der Waals surface area contributed by atoms with E-state index < -0.39 is 30.4 Å². The summed E-state index contributed by atoms with van der Waals surface area (Å²) in [5.41, 5.74) is 0.406. The normalized spacial score (nSPS) is 14.6. The number of aromatic nitrogens is 1. The van der Waals surface area contributed by atoms with Crippen LogP contribution in [-0.2, 0) is 19.1 Å². The van der Waals surface area contributed by atoms with Crippen LogP contribution >= 0.6 is 35.3 Å². The molecule has 3 N–H and O–H groups in total. The van der Waals surface area contributed by atoms with Crippen LogP contribution in [0.25, 0.3) is 5.57 Å². The van der Waals surface area contributed by atoms with Crippen molar-refractivity contribution >= 4 is 79.9 Å². The van der Waals surface area contributed by atoms with Gasteiger partial charge < -0.3 is 19.9 Å². The average Bonchev–Trinajstić information content (AvgIpc) is 3.34. The van der Waals surface area contributed by atoms with Crippen LogP contribution in [0.1, 0.15) is 12.6 Å². The van der Waals surface area contributed by atoms with Crippen molar-refractivity contribution in [3.05, 3.63) is 40.2 Å². The largest absolute Gasteiger partial charge is 0.497 e. The van der Waals surface area contributed by atoms with Crippen LogP contribution in [0.4, 0.5) is 15.6 Å². The number of esters is 1. The van der Waals surface area contributed by atoms with Crippen molar-refractivity contribution in [2.24, 2.45) is 0 Å². The fraction of sp³-hybridized carbons (Fsp3) is 0.200. The summed E-state index contributed by atoms with van der Waals surface area (Å²) in [4.78, 5) is 53.9. The number of hydrogen-bond donors (Lipinski definition) is 3. The number of hydrogen-bond acceptors (Lipinski definition) is 10. The number of urea groups is 1. The highest BCUT2D eigenvalue weighted by molar-refractivity contribution is 8.26. The number of thiazole rings is 1. The van der Waals surface area contributed by atoms with Crippen molar-refractivity contribution in [1.29, 1.82) is 0 Å². The van der Waals surface area contributed by atoms with Crippen LogP contribution in [0.2, 0.25) is 0 Å². The minimum atomic E-state index is -1.25. The Bertz CT molecular complexity index is 1190. The van der Waals surface area contributed by atoms with Crippen LogP contribution in [-0.4, -0.2) is 63.4 Å². The minimum absolute atomic E-state index is 0.00422. The molecule has 0 unspecified atom stereocenters. The number of aliphatic carboxylic acids is 1. The van der Waals surface area contributed by atoms with Gasteiger partial charge in [-0.15, -0.1) is 11.3 Å². The van der Waals surface area contributed by atoms with Gasteiger partial charge in [-0.25, -0.2) is 14.6 Å². The van der Waals surface area contributed by atoms with Gasteiger partial charge in [0.25, 0.3) is 5.91 Å². The highest BCUT2D eigenvalue weighted by Crippen LogP contribution is 2.38. The molecule has 178 valence electrons. The first kappa shape index (κ1) is 25.1. The van der Waals surface area contributed by atoms with E-state index in [-0.39, 0.29) is 32.2 Å². The second-order valence-corrected chi connectivity index (χ2v) is 8.93. The summed E-state index contributed by atoms with van der Waals surface area (Å²) in [5, 5.41) is 15.8. The molecule has 1 aromatic carbocycles. The number of thioether (sulfide) groups is 1. The molecule has 0 spiro atoms. The van der Waals surface area contributed by atoms with Crippen LogP contribution in [0, 0.1) is 0 Å². The van der Waals surface area contributed by atoms with Gasteiger partial charge in [0.05, 0.1) is 24.3 Å². The molecule has 11 nitrogen and oxygen atoms in total. The predicted molar refractivity (Wildman–Crippen MR) is 131 cm³/mol. The van der Waals surface area contributed by atoms with Gasteiger partial charge in [0.2, 0.25) is 0 Å². The maximum atomic E-state index is 12.8. The molecule has 3 amide bonds. The zero-order chi connectivity index (χ0) is 24.8. The number of carboxylic acid groups (broad SMARTS) is 1. The first-order valence-electron chi connectivity index (χ1n) is 9.58. The van der Waals surface area contributed by atoms with E-state index in [0.29, 0.717) is 11.4 Å². The first-order chi connectivity index (χ1) is 16.2. The Labute approximate surface area is 207 Å². The molecule has 1 aromatic heterocycles. The fourth-order valence-corrected chi connectivity index (χ4v) is 4.76. The maximum absolute atomic E-state index is 12.8. The summed E-state index contributed by atoms with van der Waals surface area (Å²) >= 11 is 6.91. The zero-order valence-electron chi connectivity index (χ0n) is 17.8. The Balaban J connectivity index is 1.85. The number of amides is 3. The summed E-state index contributed by atoms with van der Waals surface area (Å²) in [6.07, 6.45) is 0. The third-order valence-electron chi connectivity index (χ3n) is 4.16. The van der Waals surface area contributed by atoms with E-state index in [1.54, 1.807) is 31.2 Å². The van der Waals surface area contributed by atoms with E-state index >= 15 is 0 Å². The standard InChI is InChI=1S/C20H18N4O7S3/c1-3-31-17(28)14(15-16(27)24(8-13(25)26)20(32)34-15)12-9-33-19(22-12)23-18(29)21-10-5-4-6-11(7-10)30-2/h4-7,9H,3,8H2,1-2H3,(H,25,26)(H2,21,22,23,29). The number of ether oxygens (including phenoxy) is 2. The molecule has 0 saturated carbocycles. The SMILES string of the molecule is CCOC(=O)C(=C1SC(=S)N(CC(=O)O)C1=O)c1csc(NC(=O)Nc2cccc(OC)c2)n1. The summed E-state index contributed by atoms with van der Waals surface area (Å²) in [5.74, 6) is -2.25. The highest BCUT2D eigenvalue weighted by atomic mass is 32.2. The lowest BCUT2D eigenvalue weighted by atomic mass is 10.2. The Morgan fingerprint density at radius 3 is 2.71 bits per heavy atom. The molecule has 0 radical (unpaired) electrons. The number of benzene rings is 1. The Morgan fingerprint density at radius 1 is 1.26 bits per heavy atom. The van der Waals surface area contributed by atoms with Crippen molar-refractivity contribution in [1.82, 2.24) is 9.88 Å². The van der Waals surface area contributed by atoms with E-state index in [4.69, 9.17) is 26.8 Å². The first-order valence-corrected chi connectivity index (χ1v) is 11.7. The lowest BCUT2D eigenvalue weighted by Gasteiger charge is -2.11.